The molecule has 2 heterocycles. The third-order valence-electron chi connectivity index (χ3n) is 3.87. The van der Waals surface area contributed by atoms with Crippen LogP contribution in [0.25, 0.3) is 0 Å². The lowest BCUT2D eigenvalue weighted by Gasteiger charge is -2.35. The number of carbonyl (C=O) groups is 1. The van der Waals surface area contributed by atoms with Crippen molar-refractivity contribution in [1.29, 1.82) is 0 Å². The molecule has 0 aliphatic carbocycles. The van der Waals surface area contributed by atoms with Gasteiger partial charge in [0.25, 0.3) is 0 Å². The van der Waals surface area contributed by atoms with Crippen molar-refractivity contribution in [2.45, 2.75) is 45.6 Å². The summed E-state index contributed by atoms with van der Waals surface area (Å²) >= 11 is 1.66. The van der Waals surface area contributed by atoms with Crippen molar-refractivity contribution < 1.29 is 4.79 Å². The number of amides is 2. The van der Waals surface area contributed by atoms with Crippen LogP contribution in [0.4, 0.5) is 9.93 Å². The smallest absolute Gasteiger partial charge is 0.317 e. The number of rotatable bonds is 6. The summed E-state index contributed by atoms with van der Waals surface area (Å²) in [6.07, 6.45) is 6.55. The maximum absolute atomic E-state index is 12.2. The third kappa shape index (κ3) is 4.88. The number of aromatic nitrogens is 1. The highest BCUT2D eigenvalue weighted by Crippen LogP contribution is 2.18. The Morgan fingerprint density at radius 3 is 2.76 bits per heavy atom. The topological polar surface area (TPSA) is 48.5 Å². The Bertz CT molecular complexity index is 415. The number of anilines is 1. The van der Waals surface area contributed by atoms with Crippen LogP contribution in [0, 0.1) is 0 Å². The van der Waals surface area contributed by atoms with Crippen molar-refractivity contribution in [2.75, 3.05) is 31.1 Å². The summed E-state index contributed by atoms with van der Waals surface area (Å²) < 4.78 is 0. The molecule has 5 nitrogen and oxygen atoms in total. The van der Waals surface area contributed by atoms with E-state index in [-0.39, 0.29) is 12.1 Å². The van der Waals surface area contributed by atoms with Crippen molar-refractivity contribution in [1.82, 2.24) is 15.2 Å². The van der Waals surface area contributed by atoms with E-state index in [9.17, 15) is 4.79 Å². The van der Waals surface area contributed by atoms with Crippen LogP contribution >= 0.6 is 11.3 Å². The maximum atomic E-state index is 12.2. The van der Waals surface area contributed by atoms with E-state index in [0.29, 0.717) is 0 Å². The Balaban J connectivity index is 1.70. The molecule has 1 aliphatic heterocycles. The highest BCUT2D eigenvalue weighted by molar-refractivity contribution is 7.13. The molecule has 2 amide bonds. The number of hydrogen-bond acceptors (Lipinski definition) is 4. The molecule has 0 bridgehead atoms. The molecule has 21 heavy (non-hydrogen) atoms. The van der Waals surface area contributed by atoms with E-state index in [0.717, 1.165) is 37.7 Å². The minimum absolute atomic E-state index is 0.0813. The largest absolute Gasteiger partial charge is 0.345 e. The Hall–Kier alpha value is -1.30. The standard InChI is InChI=1S/C15H26N4OS/c1-3-4-5-6-13(2)17-14(20)18-8-10-19(11-9-18)15-16-7-12-21-15/h7,12-13H,3-6,8-11H2,1-2H3,(H,17,20). The van der Waals surface area contributed by atoms with Crippen molar-refractivity contribution in [3.05, 3.63) is 11.6 Å². The van der Waals surface area contributed by atoms with Crippen molar-refractivity contribution in [2.24, 2.45) is 0 Å². The lowest BCUT2D eigenvalue weighted by molar-refractivity contribution is 0.190. The predicted octanol–water partition coefficient (Wildman–Crippen LogP) is 2.94. The Kier molecular flexibility index (Phi) is 6.29. The Labute approximate surface area is 131 Å². The number of unbranched alkanes of at least 4 members (excludes halogenated alkanes) is 2. The molecule has 0 spiro atoms. The fraction of sp³-hybridized carbons (Fsp3) is 0.733. The fourth-order valence-electron chi connectivity index (χ4n) is 2.55. The van der Waals surface area contributed by atoms with Crippen LogP contribution in [0.1, 0.15) is 39.5 Å². The first kappa shape index (κ1) is 16.1. The SMILES string of the molecule is CCCCCC(C)NC(=O)N1CCN(c2nccs2)CC1. The summed E-state index contributed by atoms with van der Waals surface area (Å²) in [6, 6.07) is 0.346. The number of hydrogen-bond donors (Lipinski definition) is 1. The predicted molar refractivity (Wildman–Crippen MR) is 88.0 cm³/mol. The van der Waals surface area contributed by atoms with Crippen LogP contribution < -0.4 is 10.2 Å². The van der Waals surface area contributed by atoms with Crippen LogP contribution in [0.5, 0.6) is 0 Å². The summed E-state index contributed by atoms with van der Waals surface area (Å²) in [7, 11) is 0. The third-order valence-corrected chi connectivity index (χ3v) is 4.70. The van der Waals surface area contributed by atoms with E-state index < -0.39 is 0 Å². The quantitative estimate of drug-likeness (QED) is 0.822. The van der Waals surface area contributed by atoms with Gasteiger partial charge in [0.05, 0.1) is 0 Å². The van der Waals surface area contributed by atoms with Gasteiger partial charge in [-0.25, -0.2) is 9.78 Å². The van der Waals surface area contributed by atoms with Gasteiger partial charge in [-0.1, -0.05) is 26.2 Å². The van der Waals surface area contributed by atoms with Gasteiger partial charge in [0.2, 0.25) is 0 Å². The zero-order valence-corrected chi connectivity index (χ0v) is 13.9. The van der Waals surface area contributed by atoms with Crippen LogP contribution in [-0.4, -0.2) is 48.1 Å². The summed E-state index contributed by atoms with van der Waals surface area (Å²) in [4.78, 5) is 20.7. The second kappa shape index (κ2) is 8.22. The molecule has 1 N–H and O–H groups in total. The molecule has 0 aromatic carbocycles. The van der Waals surface area contributed by atoms with E-state index in [1.54, 1.807) is 11.3 Å². The van der Waals surface area contributed by atoms with Gasteiger partial charge >= 0.3 is 6.03 Å². The minimum atomic E-state index is 0.0813. The number of piperazine rings is 1. The lowest BCUT2D eigenvalue weighted by atomic mass is 10.1. The molecule has 118 valence electrons. The Morgan fingerprint density at radius 1 is 1.38 bits per heavy atom. The van der Waals surface area contributed by atoms with E-state index in [2.05, 4.69) is 29.0 Å². The maximum Gasteiger partial charge on any atom is 0.317 e. The van der Waals surface area contributed by atoms with Crippen molar-refractivity contribution >= 4 is 22.5 Å². The average molecular weight is 310 g/mol. The first-order chi connectivity index (χ1) is 10.2. The number of nitrogens with one attached hydrogen (secondary N) is 1. The molecule has 1 atom stereocenters. The second-order valence-corrected chi connectivity index (χ2v) is 6.51. The molecule has 1 aromatic rings. The molecule has 1 unspecified atom stereocenters. The van der Waals surface area contributed by atoms with Crippen LogP contribution in [0.2, 0.25) is 0 Å². The van der Waals surface area contributed by atoms with Gasteiger partial charge in [0.15, 0.2) is 5.13 Å². The van der Waals surface area contributed by atoms with Gasteiger partial charge in [-0.05, 0) is 13.3 Å². The molecule has 1 aliphatic rings. The number of nitrogens with zero attached hydrogens (tertiary/aromatic N) is 3. The summed E-state index contributed by atoms with van der Waals surface area (Å²) in [5.74, 6) is 0. The van der Waals surface area contributed by atoms with Gasteiger partial charge in [0.1, 0.15) is 0 Å². The molecule has 0 radical (unpaired) electrons. The molecule has 2 rings (SSSR count). The van der Waals surface area contributed by atoms with Crippen molar-refractivity contribution in [3.8, 4) is 0 Å². The summed E-state index contributed by atoms with van der Waals surface area (Å²) in [5.41, 5.74) is 0. The molecule has 6 heteroatoms. The first-order valence-electron chi connectivity index (χ1n) is 7.90. The molecule has 0 saturated carbocycles. The number of thiazole rings is 1. The molecule has 1 aromatic heterocycles. The highest BCUT2D eigenvalue weighted by Gasteiger charge is 2.22. The zero-order chi connectivity index (χ0) is 15.1. The van der Waals surface area contributed by atoms with Gasteiger partial charge < -0.3 is 15.1 Å². The highest BCUT2D eigenvalue weighted by atomic mass is 32.1. The van der Waals surface area contributed by atoms with E-state index in [1.807, 2.05) is 16.5 Å². The first-order valence-corrected chi connectivity index (χ1v) is 8.78. The van der Waals surface area contributed by atoms with E-state index in [4.69, 9.17) is 0 Å². The molecule has 1 saturated heterocycles. The fourth-order valence-corrected chi connectivity index (χ4v) is 3.24. The molecule has 1 fully saturated rings. The molecular weight excluding hydrogens is 284 g/mol. The summed E-state index contributed by atoms with van der Waals surface area (Å²) in [6.45, 7) is 7.57. The van der Waals surface area contributed by atoms with Crippen LogP contribution in [0.3, 0.4) is 0 Å². The van der Waals surface area contributed by atoms with Crippen molar-refractivity contribution in [3.63, 3.8) is 0 Å². The lowest BCUT2D eigenvalue weighted by Crippen LogP contribution is -2.53. The van der Waals surface area contributed by atoms with Crippen LogP contribution in [-0.2, 0) is 0 Å². The Morgan fingerprint density at radius 2 is 2.14 bits per heavy atom. The van der Waals surface area contributed by atoms with Gasteiger partial charge in [-0.2, -0.15) is 0 Å². The minimum Gasteiger partial charge on any atom is -0.345 e. The second-order valence-electron chi connectivity index (χ2n) is 5.64. The van der Waals surface area contributed by atoms with E-state index in [1.165, 1.54) is 19.3 Å². The zero-order valence-electron chi connectivity index (χ0n) is 13.0. The number of urea groups is 1. The monoisotopic (exact) mass is 310 g/mol. The number of carbonyl (C=O) groups excluding carboxylic acids is 1. The van der Waals surface area contributed by atoms with Crippen LogP contribution in [0.15, 0.2) is 11.6 Å². The van der Waals surface area contributed by atoms with Gasteiger partial charge in [0, 0.05) is 43.8 Å². The summed E-state index contributed by atoms with van der Waals surface area (Å²) in [5, 5.41) is 6.16. The normalized spacial score (nSPS) is 16.9. The van der Waals surface area contributed by atoms with Gasteiger partial charge in [-0.3, -0.25) is 0 Å². The van der Waals surface area contributed by atoms with Gasteiger partial charge in [-0.15, -0.1) is 11.3 Å². The molecular formula is C15H26N4OS. The average Bonchev–Trinajstić information content (AvgIpc) is 3.02. The van der Waals surface area contributed by atoms with E-state index >= 15 is 0 Å².